The number of aromatic hydroxyl groups is 1. The highest BCUT2D eigenvalue weighted by Gasteiger charge is 2.49. The zero-order valence-corrected chi connectivity index (χ0v) is 14.3. The first kappa shape index (κ1) is 17.3. The van der Waals surface area contributed by atoms with Gasteiger partial charge in [-0.3, -0.25) is 4.79 Å². The molecule has 0 bridgehead atoms. The van der Waals surface area contributed by atoms with E-state index in [2.05, 4.69) is 5.32 Å². The molecule has 1 saturated carbocycles. The first-order chi connectivity index (χ1) is 12.1. The van der Waals surface area contributed by atoms with Crippen molar-refractivity contribution in [2.75, 3.05) is 11.9 Å². The highest BCUT2D eigenvalue weighted by Crippen LogP contribution is 2.49. The van der Waals surface area contributed by atoms with Crippen LogP contribution in [0.5, 0.6) is 11.5 Å². The molecule has 0 spiro atoms. The Kier molecular flexibility index (Phi) is 4.95. The quantitative estimate of drug-likeness (QED) is 0.722. The number of aliphatic hydroxyl groups is 1. The van der Waals surface area contributed by atoms with Gasteiger partial charge in [-0.2, -0.15) is 0 Å². The number of amides is 1. The van der Waals surface area contributed by atoms with E-state index in [4.69, 9.17) is 4.74 Å². The van der Waals surface area contributed by atoms with Crippen LogP contribution < -0.4 is 10.1 Å². The van der Waals surface area contributed by atoms with Crippen LogP contribution in [-0.4, -0.2) is 22.7 Å². The van der Waals surface area contributed by atoms with Gasteiger partial charge in [0.25, 0.3) is 0 Å². The molecule has 1 aliphatic carbocycles. The highest BCUT2D eigenvalue weighted by atomic mass is 16.5. The second-order valence-corrected chi connectivity index (χ2v) is 6.49. The molecule has 0 unspecified atom stereocenters. The van der Waals surface area contributed by atoms with Crippen LogP contribution in [0.25, 0.3) is 0 Å². The summed E-state index contributed by atoms with van der Waals surface area (Å²) in [5.74, 6) is 0.853. The van der Waals surface area contributed by atoms with Crippen LogP contribution in [0.1, 0.15) is 30.9 Å². The van der Waals surface area contributed by atoms with E-state index in [1.165, 1.54) is 0 Å². The van der Waals surface area contributed by atoms with Crippen LogP contribution in [0.3, 0.4) is 0 Å². The molecule has 25 heavy (non-hydrogen) atoms. The number of benzene rings is 2. The normalized spacial score (nSPS) is 14.8. The maximum Gasteiger partial charge on any atom is 0.230 e. The second-order valence-electron chi connectivity index (χ2n) is 6.49. The van der Waals surface area contributed by atoms with Gasteiger partial charge >= 0.3 is 0 Å². The van der Waals surface area contributed by atoms with Crippen molar-refractivity contribution in [3.63, 3.8) is 0 Å². The van der Waals surface area contributed by atoms with Gasteiger partial charge in [-0.05, 0) is 62.1 Å². The Balaban J connectivity index is 1.70. The molecule has 3 rings (SSSR count). The topological polar surface area (TPSA) is 78.8 Å². The maximum absolute atomic E-state index is 12.7. The summed E-state index contributed by atoms with van der Waals surface area (Å²) in [7, 11) is 0. The van der Waals surface area contributed by atoms with Crippen molar-refractivity contribution in [3.8, 4) is 11.5 Å². The van der Waals surface area contributed by atoms with Gasteiger partial charge in [0, 0.05) is 11.3 Å². The summed E-state index contributed by atoms with van der Waals surface area (Å²) in [6.07, 6.45) is 2.36. The lowest BCUT2D eigenvalue weighted by Gasteiger charge is -2.17. The minimum absolute atomic E-state index is 0.00590. The Morgan fingerprint density at radius 2 is 1.92 bits per heavy atom. The molecule has 2 aromatic carbocycles. The largest absolute Gasteiger partial charge is 0.508 e. The van der Waals surface area contributed by atoms with Gasteiger partial charge in [-0.15, -0.1) is 0 Å². The van der Waals surface area contributed by atoms with Gasteiger partial charge in [0.1, 0.15) is 11.5 Å². The van der Waals surface area contributed by atoms with Gasteiger partial charge in [0.05, 0.1) is 18.6 Å². The molecule has 0 radical (unpaired) electrons. The van der Waals surface area contributed by atoms with Crippen molar-refractivity contribution in [3.05, 3.63) is 53.6 Å². The Hall–Kier alpha value is -2.53. The van der Waals surface area contributed by atoms with Gasteiger partial charge < -0.3 is 20.3 Å². The van der Waals surface area contributed by atoms with Crippen molar-refractivity contribution >= 4 is 11.6 Å². The predicted octanol–water partition coefficient (Wildman–Crippen LogP) is 3.24. The molecular weight excluding hydrogens is 318 g/mol. The van der Waals surface area contributed by atoms with Crippen molar-refractivity contribution in [2.24, 2.45) is 5.41 Å². The number of carbonyl (C=O) groups excluding carboxylic acids is 1. The number of aliphatic hydroxyl groups excluding tert-OH is 1. The van der Waals surface area contributed by atoms with Crippen molar-refractivity contribution in [1.82, 2.24) is 0 Å². The summed E-state index contributed by atoms with van der Waals surface area (Å²) in [6, 6.07) is 12.3. The van der Waals surface area contributed by atoms with E-state index in [-0.39, 0.29) is 23.7 Å². The maximum atomic E-state index is 12.7. The highest BCUT2D eigenvalue weighted by molar-refractivity contribution is 5.97. The standard InChI is InChI=1S/C20H23NO4/c1-2-25-18-8-5-16(11-15(18)13-22)21-19(24)20(9-10-20)12-14-3-6-17(23)7-4-14/h3-8,11,22-23H,2,9-10,12-13H2,1H3,(H,21,24). The fourth-order valence-electron chi connectivity index (χ4n) is 2.98. The molecule has 132 valence electrons. The van der Waals surface area contributed by atoms with E-state index in [9.17, 15) is 15.0 Å². The minimum Gasteiger partial charge on any atom is -0.508 e. The zero-order chi connectivity index (χ0) is 17.9. The van der Waals surface area contributed by atoms with Crippen LogP contribution >= 0.6 is 0 Å². The van der Waals surface area contributed by atoms with Gasteiger partial charge in [-0.1, -0.05) is 12.1 Å². The molecule has 1 aliphatic rings. The molecule has 3 N–H and O–H groups in total. The summed E-state index contributed by atoms with van der Waals surface area (Å²) in [6.45, 7) is 2.27. The third kappa shape index (κ3) is 3.94. The number of carbonyl (C=O) groups is 1. The zero-order valence-electron chi connectivity index (χ0n) is 14.3. The first-order valence-corrected chi connectivity index (χ1v) is 8.52. The van der Waals surface area contributed by atoms with Crippen LogP contribution in [0.15, 0.2) is 42.5 Å². The third-order valence-corrected chi connectivity index (χ3v) is 4.60. The number of nitrogens with one attached hydrogen (secondary N) is 1. The number of ether oxygens (including phenoxy) is 1. The van der Waals surface area contributed by atoms with E-state index >= 15 is 0 Å². The van der Waals surface area contributed by atoms with E-state index in [0.717, 1.165) is 18.4 Å². The van der Waals surface area contributed by atoms with Crippen LogP contribution in [0.4, 0.5) is 5.69 Å². The van der Waals surface area contributed by atoms with Crippen molar-refractivity contribution in [2.45, 2.75) is 32.8 Å². The molecule has 0 heterocycles. The molecule has 0 aromatic heterocycles. The molecule has 2 aromatic rings. The predicted molar refractivity (Wildman–Crippen MR) is 95.6 cm³/mol. The number of phenols is 1. The van der Waals surface area contributed by atoms with Crippen molar-refractivity contribution in [1.29, 1.82) is 0 Å². The van der Waals surface area contributed by atoms with Crippen LogP contribution in [0, 0.1) is 5.41 Å². The average Bonchev–Trinajstić information content (AvgIpc) is 3.39. The van der Waals surface area contributed by atoms with Gasteiger partial charge in [0.2, 0.25) is 5.91 Å². The second kappa shape index (κ2) is 7.15. The number of anilines is 1. The molecule has 0 atom stereocenters. The minimum atomic E-state index is -0.380. The number of phenolic OH excluding ortho intramolecular Hbond substituents is 1. The molecule has 1 amide bonds. The molecule has 1 fully saturated rings. The van der Waals surface area contributed by atoms with Gasteiger partial charge in [-0.25, -0.2) is 0 Å². The monoisotopic (exact) mass is 341 g/mol. The SMILES string of the molecule is CCOc1ccc(NC(=O)C2(Cc3ccc(O)cc3)CC2)cc1CO. The van der Waals surface area contributed by atoms with E-state index in [1.54, 1.807) is 30.3 Å². The summed E-state index contributed by atoms with van der Waals surface area (Å²) >= 11 is 0. The fourth-order valence-corrected chi connectivity index (χ4v) is 2.98. The Morgan fingerprint density at radius 3 is 2.52 bits per heavy atom. The fraction of sp³-hybridized carbons (Fsp3) is 0.350. The molecule has 0 aliphatic heterocycles. The molecular formula is C20H23NO4. The van der Waals surface area contributed by atoms with E-state index in [0.29, 0.717) is 30.0 Å². The Morgan fingerprint density at radius 1 is 1.20 bits per heavy atom. The average molecular weight is 341 g/mol. The number of rotatable bonds is 7. The van der Waals surface area contributed by atoms with Gasteiger partial charge in [0.15, 0.2) is 0 Å². The lowest BCUT2D eigenvalue weighted by molar-refractivity contribution is -0.121. The molecule has 5 heteroatoms. The first-order valence-electron chi connectivity index (χ1n) is 8.52. The summed E-state index contributed by atoms with van der Waals surface area (Å²) in [5, 5.41) is 21.8. The Labute approximate surface area is 147 Å². The lowest BCUT2D eigenvalue weighted by atomic mass is 9.95. The van der Waals surface area contributed by atoms with Crippen molar-refractivity contribution < 1.29 is 19.7 Å². The number of hydrogen-bond acceptors (Lipinski definition) is 4. The van der Waals surface area contributed by atoms with Crippen LogP contribution in [-0.2, 0) is 17.8 Å². The Bertz CT molecular complexity index is 751. The summed E-state index contributed by atoms with van der Waals surface area (Å²) < 4.78 is 5.46. The molecule has 0 saturated heterocycles. The van der Waals surface area contributed by atoms with E-state index < -0.39 is 0 Å². The summed E-state index contributed by atoms with van der Waals surface area (Å²) in [4.78, 5) is 12.7. The number of hydrogen-bond donors (Lipinski definition) is 3. The van der Waals surface area contributed by atoms with E-state index in [1.807, 2.05) is 19.1 Å². The smallest absolute Gasteiger partial charge is 0.230 e. The van der Waals surface area contributed by atoms with Crippen LogP contribution in [0.2, 0.25) is 0 Å². The third-order valence-electron chi connectivity index (χ3n) is 4.60. The molecule has 5 nitrogen and oxygen atoms in total. The summed E-state index contributed by atoms with van der Waals surface area (Å²) in [5.41, 5.74) is 1.97. The lowest BCUT2D eigenvalue weighted by Crippen LogP contribution is -2.26.